The van der Waals surface area contributed by atoms with Crippen molar-refractivity contribution in [2.75, 3.05) is 0 Å². The predicted molar refractivity (Wildman–Crippen MR) is 118 cm³/mol. The molecule has 2 aromatic carbocycles. The Hall–Kier alpha value is -3.92. The minimum absolute atomic E-state index is 0.0963. The molecule has 0 spiro atoms. The number of fused-ring (bicyclic) bond motifs is 1. The van der Waals surface area contributed by atoms with Gasteiger partial charge in [-0.05, 0) is 49.4 Å². The highest BCUT2D eigenvalue weighted by Gasteiger charge is 2.17. The molecule has 0 aliphatic carbocycles. The van der Waals surface area contributed by atoms with Crippen LogP contribution in [0.4, 0.5) is 13.2 Å². The summed E-state index contributed by atoms with van der Waals surface area (Å²) < 4.78 is 42.2. The fourth-order valence-corrected chi connectivity index (χ4v) is 4.49. The molecule has 0 saturated heterocycles. The van der Waals surface area contributed by atoms with Gasteiger partial charge in [0.1, 0.15) is 23.1 Å². The smallest absolute Gasteiger partial charge is 0.269 e. The Bertz CT molecular complexity index is 1490. The molecule has 5 aromatic rings. The Morgan fingerprint density at radius 3 is 2.55 bits per heavy atom. The number of amides is 1. The van der Waals surface area contributed by atoms with E-state index < -0.39 is 17.5 Å². The van der Waals surface area contributed by atoms with Gasteiger partial charge in [-0.25, -0.2) is 18.2 Å². The fourth-order valence-electron chi connectivity index (χ4n) is 3.45. The molecule has 166 valence electrons. The van der Waals surface area contributed by atoms with E-state index in [2.05, 4.69) is 20.5 Å². The number of aromatic nitrogens is 4. The number of halogens is 3. The van der Waals surface area contributed by atoms with Crippen molar-refractivity contribution in [1.82, 2.24) is 24.9 Å². The average molecular weight is 467 g/mol. The van der Waals surface area contributed by atoms with E-state index in [0.717, 1.165) is 38.9 Å². The molecule has 5 rings (SSSR count). The van der Waals surface area contributed by atoms with Crippen LogP contribution in [-0.2, 0) is 6.54 Å². The van der Waals surface area contributed by atoms with Crippen LogP contribution in [0.5, 0.6) is 0 Å². The lowest BCUT2D eigenvalue weighted by Crippen LogP contribution is -2.23. The number of nitrogens with one attached hydrogen (secondary N) is 2. The molecular weight excluding hydrogens is 451 g/mol. The summed E-state index contributed by atoms with van der Waals surface area (Å²) in [6, 6.07) is 10.7. The zero-order valence-electron chi connectivity index (χ0n) is 17.2. The predicted octanol–water partition coefficient (Wildman–Crippen LogP) is 5.11. The summed E-state index contributed by atoms with van der Waals surface area (Å²) in [6.45, 7) is 2.19. The number of aryl methyl sites for hydroxylation is 1. The Balaban J connectivity index is 1.30. The first-order valence-electron chi connectivity index (χ1n) is 9.91. The lowest BCUT2D eigenvalue weighted by atomic mass is 10.1. The summed E-state index contributed by atoms with van der Waals surface area (Å²) >= 11 is 1.44. The van der Waals surface area contributed by atoms with Crippen LogP contribution < -0.4 is 5.32 Å². The summed E-state index contributed by atoms with van der Waals surface area (Å²) in [6.07, 6.45) is 1.87. The van der Waals surface area contributed by atoms with Gasteiger partial charge < -0.3 is 5.32 Å². The largest absolute Gasteiger partial charge is 0.346 e. The molecule has 6 nitrogen and oxygen atoms in total. The first-order chi connectivity index (χ1) is 15.9. The maximum Gasteiger partial charge on any atom is 0.269 e. The highest BCUT2D eigenvalue weighted by molar-refractivity contribution is 7.17. The maximum absolute atomic E-state index is 14.0. The molecule has 2 N–H and O–H groups in total. The Morgan fingerprint density at radius 1 is 1.06 bits per heavy atom. The van der Waals surface area contributed by atoms with E-state index in [-0.39, 0.29) is 29.3 Å². The third kappa shape index (κ3) is 4.00. The maximum atomic E-state index is 14.0. The molecule has 0 radical (unpaired) electrons. The van der Waals surface area contributed by atoms with Gasteiger partial charge in [0.25, 0.3) is 5.91 Å². The van der Waals surface area contributed by atoms with Crippen LogP contribution in [0.1, 0.15) is 21.1 Å². The van der Waals surface area contributed by atoms with Crippen molar-refractivity contribution >= 4 is 22.2 Å². The number of hydrogen-bond donors (Lipinski definition) is 2. The van der Waals surface area contributed by atoms with E-state index in [1.807, 2.05) is 17.5 Å². The van der Waals surface area contributed by atoms with Crippen molar-refractivity contribution in [3.05, 3.63) is 88.4 Å². The van der Waals surface area contributed by atoms with Crippen molar-refractivity contribution in [3.63, 3.8) is 0 Å². The average Bonchev–Trinajstić information content (AvgIpc) is 3.50. The molecule has 0 unspecified atom stereocenters. The van der Waals surface area contributed by atoms with Gasteiger partial charge in [-0.15, -0.1) is 0 Å². The number of benzene rings is 2. The topological polar surface area (TPSA) is 75.1 Å². The zero-order valence-corrected chi connectivity index (χ0v) is 18.0. The minimum Gasteiger partial charge on any atom is -0.346 e. The van der Waals surface area contributed by atoms with Crippen LogP contribution in [0, 0.1) is 24.4 Å². The molecule has 3 aromatic heterocycles. The van der Waals surface area contributed by atoms with Crippen LogP contribution in [0.15, 0.2) is 54.7 Å². The van der Waals surface area contributed by atoms with Crippen LogP contribution in [0.3, 0.4) is 0 Å². The Morgan fingerprint density at radius 2 is 1.82 bits per heavy atom. The van der Waals surface area contributed by atoms with Crippen LogP contribution in [0.2, 0.25) is 0 Å². The number of imidazole rings is 1. The van der Waals surface area contributed by atoms with Crippen molar-refractivity contribution in [3.8, 4) is 22.5 Å². The monoisotopic (exact) mass is 467 g/mol. The number of thiazole rings is 1. The van der Waals surface area contributed by atoms with Gasteiger partial charge in [0.15, 0.2) is 4.96 Å². The summed E-state index contributed by atoms with van der Waals surface area (Å²) in [4.78, 5) is 18.8. The van der Waals surface area contributed by atoms with E-state index in [0.29, 0.717) is 0 Å². The van der Waals surface area contributed by atoms with E-state index in [1.165, 1.54) is 35.6 Å². The summed E-state index contributed by atoms with van der Waals surface area (Å²) in [7, 11) is 0. The van der Waals surface area contributed by atoms with Crippen molar-refractivity contribution < 1.29 is 18.0 Å². The van der Waals surface area contributed by atoms with Crippen LogP contribution >= 0.6 is 11.3 Å². The van der Waals surface area contributed by atoms with E-state index in [1.54, 1.807) is 12.1 Å². The minimum atomic E-state index is -0.758. The van der Waals surface area contributed by atoms with E-state index in [9.17, 15) is 18.0 Å². The normalized spacial score (nSPS) is 11.3. The summed E-state index contributed by atoms with van der Waals surface area (Å²) in [5.74, 6) is -2.16. The first kappa shape index (κ1) is 21.0. The standard InChI is InChI=1S/C23H16F3N5OS/c1-12-21(33-23-28-20(11-31(12)23)13-2-4-14(24)5-3-13)10-27-22(32)19-9-18(29-30-19)16-7-6-15(25)8-17(16)26/h2-9,11H,10H2,1H3,(H,27,32)(H,29,30). The van der Waals surface area contributed by atoms with Gasteiger partial charge in [-0.3, -0.25) is 14.3 Å². The molecule has 0 fully saturated rings. The SMILES string of the molecule is Cc1c(CNC(=O)c2cc(-c3ccc(F)cc3F)n[nH]2)sc2nc(-c3ccc(F)cc3)cn12. The van der Waals surface area contributed by atoms with Crippen LogP contribution in [0.25, 0.3) is 27.5 Å². The lowest BCUT2D eigenvalue weighted by Gasteiger charge is -2.03. The highest BCUT2D eigenvalue weighted by Crippen LogP contribution is 2.27. The lowest BCUT2D eigenvalue weighted by molar-refractivity contribution is 0.0946. The number of nitrogens with zero attached hydrogens (tertiary/aromatic N) is 3. The first-order valence-corrected chi connectivity index (χ1v) is 10.7. The van der Waals surface area contributed by atoms with Gasteiger partial charge in [-0.2, -0.15) is 5.10 Å². The second kappa shape index (κ2) is 8.21. The van der Waals surface area contributed by atoms with Gasteiger partial charge in [0.2, 0.25) is 0 Å². The van der Waals surface area contributed by atoms with Gasteiger partial charge in [-0.1, -0.05) is 11.3 Å². The number of rotatable bonds is 5. The zero-order chi connectivity index (χ0) is 23.1. The van der Waals surface area contributed by atoms with Crippen molar-refractivity contribution in [1.29, 1.82) is 0 Å². The molecular formula is C23H16F3N5OS. The fraction of sp³-hybridized carbons (Fsp3) is 0.0870. The number of carbonyl (C=O) groups is 1. The molecule has 33 heavy (non-hydrogen) atoms. The molecule has 1 amide bonds. The number of carbonyl (C=O) groups excluding carboxylic acids is 1. The van der Waals surface area contributed by atoms with Gasteiger partial charge in [0.05, 0.1) is 17.9 Å². The van der Waals surface area contributed by atoms with Crippen LogP contribution in [-0.4, -0.2) is 25.5 Å². The molecule has 10 heteroatoms. The Labute approximate surface area is 189 Å². The Kier molecular flexibility index (Phi) is 5.21. The van der Waals surface area contributed by atoms with E-state index >= 15 is 0 Å². The van der Waals surface area contributed by atoms with Crippen molar-refractivity contribution in [2.24, 2.45) is 0 Å². The third-order valence-corrected chi connectivity index (χ3v) is 6.39. The molecule has 0 atom stereocenters. The summed E-state index contributed by atoms with van der Waals surface area (Å²) in [5.41, 5.74) is 2.93. The second-order valence-electron chi connectivity index (χ2n) is 7.37. The highest BCUT2D eigenvalue weighted by atomic mass is 32.1. The van der Waals surface area contributed by atoms with Gasteiger partial charge >= 0.3 is 0 Å². The van der Waals surface area contributed by atoms with Crippen molar-refractivity contribution in [2.45, 2.75) is 13.5 Å². The molecule has 0 saturated carbocycles. The third-order valence-electron chi connectivity index (χ3n) is 5.23. The number of H-pyrrole nitrogens is 1. The number of hydrogen-bond acceptors (Lipinski definition) is 4. The molecule has 0 aliphatic rings. The van der Waals surface area contributed by atoms with Gasteiger partial charge in [0, 0.05) is 34.0 Å². The second-order valence-corrected chi connectivity index (χ2v) is 8.43. The molecule has 3 heterocycles. The molecule has 0 aliphatic heterocycles. The summed E-state index contributed by atoms with van der Waals surface area (Å²) in [5, 5.41) is 9.35. The number of aromatic amines is 1. The van der Waals surface area contributed by atoms with E-state index in [4.69, 9.17) is 0 Å². The quantitative estimate of drug-likeness (QED) is 0.377. The molecule has 0 bridgehead atoms.